The minimum atomic E-state index is -0.448. The van der Waals surface area contributed by atoms with Crippen molar-refractivity contribution in [1.29, 1.82) is 0 Å². The van der Waals surface area contributed by atoms with E-state index in [0.717, 1.165) is 0 Å². The molecule has 5 nitrogen and oxygen atoms in total. The van der Waals surface area contributed by atoms with Crippen LogP contribution in [-0.2, 0) is 0 Å². The molecule has 2 aromatic carbocycles. The number of carbonyl (C=O) groups is 1. The maximum absolute atomic E-state index is 12.3. The number of ketones is 1. The molecule has 0 amide bonds. The van der Waals surface area contributed by atoms with Crippen molar-refractivity contribution in [3.63, 3.8) is 0 Å². The van der Waals surface area contributed by atoms with E-state index < -0.39 is 5.78 Å². The van der Waals surface area contributed by atoms with Gasteiger partial charge in [0.05, 0.1) is 31.9 Å². The van der Waals surface area contributed by atoms with Crippen LogP contribution in [0, 0.1) is 0 Å². The van der Waals surface area contributed by atoms with Crippen LogP contribution in [0.1, 0.15) is 15.9 Å². The molecule has 0 bridgehead atoms. The summed E-state index contributed by atoms with van der Waals surface area (Å²) in [5.74, 6) is 0.610. The maximum Gasteiger partial charge on any atom is 0.203 e. The van der Waals surface area contributed by atoms with E-state index in [2.05, 4.69) is 0 Å². The Bertz CT molecular complexity index is 805. The molecule has 0 aliphatic rings. The highest BCUT2D eigenvalue weighted by molar-refractivity contribution is 6.36. The van der Waals surface area contributed by atoms with Crippen molar-refractivity contribution in [1.82, 2.24) is 0 Å². The second-order valence-corrected chi connectivity index (χ2v) is 5.78. The van der Waals surface area contributed by atoms with Gasteiger partial charge in [0.15, 0.2) is 17.3 Å². The van der Waals surface area contributed by atoms with Gasteiger partial charge in [0.2, 0.25) is 5.75 Å². The van der Waals surface area contributed by atoms with E-state index in [9.17, 15) is 9.90 Å². The summed E-state index contributed by atoms with van der Waals surface area (Å²) in [6, 6.07) is 6.09. The number of methoxy groups -OCH3 is 3. The van der Waals surface area contributed by atoms with E-state index in [1.807, 2.05) is 0 Å². The zero-order valence-electron chi connectivity index (χ0n) is 13.8. The Morgan fingerprint density at radius 1 is 1.00 bits per heavy atom. The van der Waals surface area contributed by atoms with E-state index in [-0.39, 0.29) is 21.4 Å². The van der Waals surface area contributed by atoms with E-state index in [0.29, 0.717) is 22.8 Å². The Kier molecular flexibility index (Phi) is 6.17. The molecule has 7 heteroatoms. The first kappa shape index (κ1) is 19.0. The van der Waals surface area contributed by atoms with Crippen LogP contribution < -0.4 is 14.2 Å². The highest BCUT2D eigenvalue weighted by Gasteiger charge is 2.15. The first-order valence-electron chi connectivity index (χ1n) is 7.11. The highest BCUT2D eigenvalue weighted by Crippen LogP contribution is 2.38. The Labute approximate surface area is 155 Å². The summed E-state index contributed by atoms with van der Waals surface area (Å²) in [7, 11) is 4.51. The van der Waals surface area contributed by atoms with Crippen LogP contribution >= 0.6 is 23.2 Å². The van der Waals surface area contributed by atoms with Crippen LogP contribution in [0.5, 0.6) is 23.0 Å². The number of ether oxygens (including phenoxy) is 3. The van der Waals surface area contributed by atoms with Crippen molar-refractivity contribution in [3.8, 4) is 23.0 Å². The molecule has 132 valence electrons. The van der Waals surface area contributed by atoms with Gasteiger partial charge in [-0.1, -0.05) is 29.3 Å². The lowest BCUT2D eigenvalue weighted by Gasteiger charge is -2.12. The van der Waals surface area contributed by atoms with Gasteiger partial charge in [-0.2, -0.15) is 0 Å². The number of carbonyl (C=O) groups excluding carboxylic acids is 1. The molecule has 0 atom stereocenters. The summed E-state index contributed by atoms with van der Waals surface area (Å²) in [6.07, 6.45) is 2.85. The predicted molar refractivity (Wildman–Crippen MR) is 97.6 cm³/mol. The fourth-order valence-electron chi connectivity index (χ4n) is 2.21. The number of rotatable bonds is 6. The molecule has 0 fully saturated rings. The molecule has 0 spiro atoms. The van der Waals surface area contributed by atoms with Gasteiger partial charge in [-0.15, -0.1) is 0 Å². The van der Waals surface area contributed by atoms with Crippen LogP contribution in [-0.4, -0.2) is 32.2 Å². The van der Waals surface area contributed by atoms with Gasteiger partial charge >= 0.3 is 0 Å². The quantitative estimate of drug-likeness (QED) is 0.583. The Morgan fingerprint density at radius 3 is 2.12 bits per heavy atom. The Morgan fingerprint density at radius 2 is 1.60 bits per heavy atom. The van der Waals surface area contributed by atoms with E-state index >= 15 is 0 Å². The molecular formula is C18H16Cl2O5. The first-order valence-corrected chi connectivity index (χ1v) is 7.87. The number of hydrogen-bond acceptors (Lipinski definition) is 5. The van der Waals surface area contributed by atoms with Gasteiger partial charge in [-0.25, -0.2) is 0 Å². The molecule has 0 saturated carbocycles. The van der Waals surface area contributed by atoms with E-state index in [1.165, 1.54) is 39.5 Å². The minimum Gasteiger partial charge on any atom is -0.506 e. The molecule has 1 N–H and O–H groups in total. The molecule has 0 aromatic heterocycles. The van der Waals surface area contributed by atoms with Gasteiger partial charge < -0.3 is 19.3 Å². The molecule has 25 heavy (non-hydrogen) atoms. The summed E-state index contributed by atoms with van der Waals surface area (Å²) < 4.78 is 15.8. The zero-order valence-corrected chi connectivity index (χ0v) is 15.3. The number of aromatic hydroxyl groups is 1. The second kappa shape index (κ2) is 8.14. The first-order chi connectivity index (χ1) is 11.9. The van der Waals surface area contributed by atoms with E-state index in [4.69, 9.17) is 37.4 Å². The summed E-state index contributed by atoms with van der Waals surface area (Å²) >= 11 is 11.7. The maximum atomic E-state index is 12.3. The molecule has 0 aliphatic carbocycles. The van der Waals surface area contributed by atoms with Crippen LogP contribution in [0.4, 0.5) is 0 Å². The smallest absolute Gasteiger partial charge is 0.203 e. The van der Waals surface area contributed by atoms with Crippen LogP contribution in [0.15, 0.2) is 30.3 Å². The molecule has 0 radical (unpaired) electrons. The summed E-state index contributed by atoms with van der Waals surface area (Å²) in [4.78, 5) is 12.3. The molecule has 0 aliphatic heterocycles. The molecule has 0 unspecified atom stereocenters. The number of halogens is 2. The fourth-order valence-corrected chi connectivity index (χ4v) is 2.71. The standard InChI is InChI=1S/C18H16Cl2O5/c1-23-15-6-10(7-16(24-2)18(15)25-3)4-5-14(21)12-8-11(19)9-13(20)17(12)22/h4-9,22H,1-3H3. The van der Waals surface area contributed by atoms with E-state index in [1.54, 1.807) is 18.2 Å². The average Bonchev–Trinajstić information content (AvgIpc) is 2.61. The van der Waals surface area contributed by atoms with Gasteiger partial charge in [0.25, 0.3) is 0 Å². The van der Waals surface area contributed by atoms with Crippen molar-refractivity contribution in [2.45, 2.75) is 0 Å². The lowest BCUT2D eigenvalue weighted by Crippen LogP contribution is -1.97. The number of hydrogen-bond donors (Lipinski definition) is 1. The van der Waals surface area contributed by atoms with Crippen molar-refractivity contribution in [3.05, 3.63) is 51.5 Å². The van der Waals surface area contributed by atoms with Crippen LogP contribution in [0.2, 0.25) is 10.0 Å². The number of phenolic OH excluding ortho intramolecular Hbond substituents is 1. The molecule has 0 heterocycles. The van der Waals surface area contributed by atoms with Crippen LogP contribution in [0.3, 0.4) is 0 Å². The number of phenols is 1. The SMILES string of the molecule is COc1cc(C=CC(=O)c2cc(Cl)cc(Cl)c2O)cc(OC)c1OC. The fraction of sp³-hybridized carbons (Fsp3) is 0.167. The Balaban J connectivity index is 2.38. The van der Waals surface area contributed by atoms with Crippen molar-refractivity contribution >= 4 is 35.1 Å². The van der Waals surface area contributed by atoms with Gasteiger partial charge in [-0.05, 0) is 35.9 Å². The lowest BCUT2D eigenvalue weighted by atomic mass is 10.1. The molecule has 2 rings (SSSR count). The number of allylic oxidation sites excluding steroid dienone is 1. The highest BCUT2D eigenvalue weighted by atomic mass is 35.5. The molecular weight excluding hydrogens is 367 g/mol. The topological polar surface area (TPSA) is 65.0 Å². The third-order valence-electron chi connectivity index (χ3n) is 3.41. The van der Waals surface area contributed by atoms with Gasteiger partial charge in [0, 0.05) is 5.02 Å². The Hall–Kier alpha value is -2.37. The predicted octanol–water partition coefficient (Wildman–Crippen LogP) is 4.62. The third-order valence-corrected chi connectivity index (χ3v) is 3.91. The summed E-state index contributed by atoms with van der Waals surface area (Å²) in [6.45, 7) is 0. The van der Waals surface area contributed by atoms with Crippen molar-refractivity contribution in [2.75, 3.05) is 21.3 Å². The summed E-state index contributed by atoms with van der Waals surface area (Å²) in [5.41, 5.74) is 0.664. The van der Waals surface area contributed by atoms with Crippen molar-refractivity contribution < 1.29 is 24.1 Å². The zero-order chi connectivity index (χ0) is 18.6. The van der Waals surface area contributed by atoms with Crippen LogP contribution in [0.25, 0.3) is 6.08 Å². The monoisotopic (exact) mass is 382 g/mol. The average molecular weight is 383 g/mol. The third kappa shape index (κ3) is 4.18. The molecule has 0 saturated heterocycles. The normalized spacial score (nSPS) is 10.8. The summed E-state index contributed by atoms with van der Waals surface area (Å²) in [5, 5.41) is 10.2. The molecule has 2 aromatic rings. The lowest BCUT2D eigenvalue weighted by molar-refractivity contribution is 0.104. The van der Waals surface area contributed by atoms with Gasteiger partial charge in [0.1, 0.15) is 5.75 Å². The number of benzene rings is 2. The second-order valence-electron chi connectivity index (χ2n) is 4.94. The minimum absolute atomic E-state index is 0.0111. The van der Waals surface area contributed by atoms with Gasteiger partial charge in [-0.3, -0.25) is 4.79 Å². The van der Waals surface area contributed by atoms with Crippen molar-refractivity contribution in [2.24, 2.45) is 0 Å². The largest absolute Gasteiger partial charge is 0.506 e.